The van der Waals surface area contributed by atoms with Crippen LogP contribution in [0.4, 0.5) is 13.2 Å². The van der Waals surface area contributed by atoms with Crippen molar-refractivity contribution in [2.45, 2.75) is 50.7 Å². The Hall–Kier alpha value is -0.290. The molecular weight excluding hydrogens is 241 g/mol. The maximum Gasteiger partial charge on any atom is 0.389 e. The number of nitrogens with zero attached hydrogens (tertiary/aromatic N) is 2. The molecule has 1 unspecified atom stereocenters. The van der Waals surface area contributed by atoms with E-state index in [2.05, 4.69) is 9.80 Å². The van der Waals surface area contributed by atoms with E-state index in [9.17, 15) is 13.2 Å². The minimum atomic E-state index is -4.00. The number of hydrogen-bond acceptors (Lipinski definition) is 2. The van der Waals surface area contributed by atoms with Crippen molar-refractivity contribution in [2.75, 3.05) is 32.7 Å². The zero-order valence-electron chi connectivity index (χ0n) is 10.9. The monoisotopic (exact) mass is 264 g/mol. The van der Waals surface area contributed by atoms with Crippen LogP contribution in [0.5, 0.6) is 0 Å². The first-order valence-electron chi connectivity index (χ1n) is 7.08. The smallest absolute Gasteiger partial charge is 0.302 e. The van der Waals surface area contributed by atoms with Gasteiger partial charge in [-0.1, -0.05) is 6.42 Å². The molecule has 0 N–H and O–H groups in total. The molecule has 0 aromatic heterocycles. The number of alkyl halides is 3. The molecule has 2 saturated heterocycles. The molecule has 2 aliphatic rings. The Morgan fingerprint density at radius 1 is 1.00 bits per heavy atom. The Balaban J connectivity index is 1.75. The van der Waals surface area contributed by atoms with Crippen molar-refractivity contribution in [3.63, 3.8) is 0 Å². The van der Waals surface area contributed by atoms with Gasteiger partial charge in [0.1, 0.15) is 0 Å². The van der Waals surface area contributed by atoms with Crippen LogP contribution in [0.15, 0.2) is 0 Å². The molecule has 0 saturated carbocycles. The fourth-order valence-electron chi connectivity index (χ4n) is 3.15. The van der Waals surface area contributed by atoms with E-state index in [0.717, 1.165) is 26.1 Å². The Bertz CT molecular complexity index is 255. The molecule has 2 fully saturated rings. The van der Waals surface area contributed by atoms with E-state index < -0.39 is 12.6 Å². The van der Waals surface area contributed by atoms with Crippen molar-refractivity contribution < 1.29 is 13.2 Å². The molecule has 0 aromatic rings. The highest BCUT2D eigenvalue weighted by atomic mass is 19.4. The number of fused-ring (bicyclic) bond motifs is 1. The summed E-state index contributed by atoms with van der Waals surface area (Å²) >= 11 is 0. The third kappa shape index (κ3) is 4.43. The van der Waals surface area contributed by atoms with E-state index in [4.69, 9.17) is 0 Å². The maximum absolute atomic E-state index is 12.1. The highest BCUT2D eigenvalue weighted by Crippen LogP contribution is 2.23. The lowest BCUT2D eigenvalue weighted by Crippen LogP contribution is -2.44. The molecule has 2 aliphatic heterocycles. The third-order valence-corrected chi connectivity index (χ3v) is 4.07. The lowest BCUT2D eigenvalue weighted by molar-refractivity contribution is -0.136. The van der Waals surface area contributed by atoms with E-state index in [0.29, 0.717) is 12.6 Å². The summed E-state index contributed by atoms with van der Waals surface area (Å²) in [4.78, 5) is 4.77. The molecule has 2 rings (SSSR count). The molecule has 0 radical (unpaired) electrons. The van der Waals surface area contributed by atoms with Crippen molar-refractivity contribution in [1.82, 2.24) is 9.80 Å². The van der Waals surface area contributed by atoms with Crippen LogP contribution in [0.25, 0.3) is 0 Å². The molecule has 0 spiro atoms. The average molecular weight is 264 g/mol. The molecule has 0 aromatic carbocycles. The van der Waals surface area contributed by atoms with Gasteiger partial charge in [0.15, 0.2) is 0 Å². The zero-order valence-corrected chi connectivity index (χ0v) is 10.9. The van der Waals surface area contributed by atoms with Crippen LogP contribution in [0.2, 0.25) is 0 Å². The molecule has 2 heterocycles. The van der Waals surface area contributed by atoms with Crippen LogP contribution < -0.4 is 0 Å². The van der Waals surface area contributed by atoms with Crippen molar-refractivity contribution in [2.24, 2.45) is 0 Å². The van der Waals surface area contributed by atoms with Gasteiger partial charge in [-0.25, -0.2) is 0 Å². The van der Waals surface area contributed by atoms with Crippen molar-refractivity contribution in [1.29, 1.82) is 0 Å². The minimum absolute atomic E-state index is 0.246. The summed E-state index contributed by atoms with van der Waals surface area (Å²) in [6, 6.07) is 0.590. The van der Waals surface area contributed by atoms with Crippen molar-refractivity contribution >= 4 is 0 Å². The van der Waals surface area contributed by atoms with E-state index >= 15 is 0 Å². The molecule has 0 bridgehead atoms. The number of piperidine rings is 1. The van der Waals surface area contributed by atoms with Gasteiger partial charge in [0.05, 0.1) is 0 Å². The lowest BCUT2D eigenvalue weighted by Gasteiger charge is -2.35. The fourth-order valence-corrected chi connectivity index (χ4v) is 3.15. The van der Waals surface area contributed by atoms with Crippen LogP contribution in [0.3, 0.4) is 0 Å². The van der Waals surface area contributed by atoms with Gasteiger partial charge in [-0.2, -0.15) is 13.2 Å². The van der Waals surface area contributed by atoms with Gasteiger partial charge < -0.3 is 4.90 Å². The largest absolute Gasteiger partial charge is 0.389 e. The van der Waals surface area contributed by atoms with Gasteiger partial charge in [0.25, 0.3) is 0 Å². The second kappa shape index (κ2) is 6.24. The predicted octanol–water partition coefficient (Wildman–Crippen LogP) is 2.89. The van der Waals surface area contributed by atoms with Gasteiger partial charge in [0.2, 0.25) is 0 Å². The standard InChI is InChI=1S/C13H23F3N2/c14-13(15,16)6-3-7-17-8-4-10-18-9-2-1-5-12(18)11-17/h12H,1-11H2. The quantitative estimate of drug-likeness (QED) is 0.773. The Morgan fingerprint density at radius 2 is 1.78 bits per heavy atom. The maximum atomic E-state index is 12.1. The van der Waals surface area contributed by atoms with Crippen LogP contribution in [-0.2, 0) is 0 Å². The summed E-state index contributed by atoms with van der Waals surface area (Å²) in [5.41, 5.74) is 0. The van der Waals surface area contributed by atoms with Crippen LogP contribution >= 0.6 is 0 Å². The first kappa shape index (κ1) is 14.1. The van der Waals surface area contributed by atoms with E-state index in [1.54, 1.807) is 0 Å². The van der Waals surface area contributed by atoms with Gasteiger partial charge >= 0.3 is 6.18 Å². The Labute approximate surface area is 107 Å². The van der Waals surface area contributed by atoms with Crippen LogP contribution in [0.1, 0.15) is 38.5 Å². The topological polar surface area (TPSA) is 6.48 Å². The summed E-state index contributed by atoms with van der Waals surface area (Å²) in [5, 5.41) is 0. The normalized spacial score (nSPS) is 27.8. The SMILES string of the molecule is FC(F)(F)CCCN1CCCN2CCCCC2C1. The van der Waals surface area contributed by atoms with Gasteiger partial charge in [-0.3, -0.25) is 4.90 Å². The van der Waals surface area contributed by atoms with Crippen molar-refractivity contribution in [3.8, 4) is 0 Å². The fraction of sp³-hybridized carbons (Fsp3) is 1.00. The molecule has 0 aliphatic carbocycles. The van der Waals surface area contributed by atoms with Crippen LogP contribution in [0, 0.1) is 0 Å². The molecule has 18 heavy (non-hydrogen) atoms. The van der Waals surface area contributed by atoms with E-state index in [1.807, 2.05) is 0 Å². The van der Waals surface area contributed by atoms with Gasteiger partial charge in [0, 0.05) is 19.0 Å². The Morgan fingerprint density at radius 3 is 2.56 bits per heavy atom. The number of hydrogen-bond donors (Lipinski definition) is 0. The van der Waals surface area contributed by atoms with Gasteiger partial charge in [-0.15, -0.1) is 0 Å². The second-order valence-electron chi connectivity index (χ2n) is 5.56. The van der Waals surface area contributed by atoms with Crippen LogP contribution in [-0.4, -0.2) is 54.7 Å². The first-order valence-corrected chi connectivity index (χ1v) is 7.08. The average Bonchev–Trinajstić information content (AvgIpc) is 2.49. The Kier molecular flexibility index (Phi) is 4.90. The molecule has 2 nitrogen and oxygen atoms in total. The van der Waals surface area contributed by atoms with E-state index in [-0.39, 0.29) is 6.42 Å². The molecular formula is C13H23F3N2. The minimum Gasteiger partial charge on any atom is -0.302 e. The number of rotatable bonds is 3. The highest BCUT2D eigenvalue weighted by Gasteiger charge is 2.29. The first-order chi connectivity index (χ1) is 8.54. The summed E-state index contributed by atoms with van der Waals surface area (Å²) in [7, 11) is 0. The zero-order chi connectivity index (χ0) is 13.0. The van der Waals surface area contributed by atoms with E-state index in [1.165, 1.54) is 25.8 Å². The van der Waals surface area contributed by atoms with Crippen molar-refractivity contribution in [3.05, 3.63) is 0 Å². The summed E-state index contributed by atoms with van der Waals surface area (Å²) in [6.45, 7) is 4.84. The summed E-state index contributed by atoms with van der Waals surface area (Å²) < 4.78 is 36.4. The molecule has 106 valence electrons. The lowest BCUT2D eigenvalue weighted by atomic mass is 10.0. The predicted molar refractivity (Wildman–Crippen MR) is 65.6 cm³/mol. The summed E-state index contributed by atoms with van der Waals surface area (Å²) in [5.74, 6) is 0. The second-order valence-corrected chi connectivity index (χ2v) is 5.56. The number of halogens is 3. The summed E-state index contributed by atoms with van der Waals surface area (Å²) in [6.07, 6.45) is 0.483. The molecule has 5 heteroatoms. The molecule has 1 atom stereocenters. The molecule has 0 amide bonds. The van der Waals surface area contributed by atoms with Gasteiger partial charge in [-0.05, 0) is 51.9 Å². The third-order valence-electron chi connectivity index (χ3n) is 4.07. The highest BCUT2D eigenvalue weighted by molar-refractivity contribution is 4.83.